The molecular formula is C15H8ClNO2S. The second-order valence-electron chi connectivity index (χ2n) is 4.16. The lowest BCUT2D eigenvalue weighted by atomic mass is 9.95. The van der Waals surface area contributed by atoms with E-state index in [-0.39, 0.29) is 16.6 Å². The van der Waals surface area contributed by atoms with E-state index >= 15 is 0 Å². The smallest absolute Gasteiger partial charge is 0.205 e. The van der Waals surface area contributed by atoms with Gasteiger partial charge in [0, 0.05) is 28.3 Å². The Balaban J connectivity index is 1.98. The zero-order chi connectivity index (χ0) is 14.1. The van der Waals surface area contributed by atoms with E-state index in [9.17, 15) is 9.59 Å². The second-order valence-corrected chi connectivity index (χ2v) is 5.66. The van der Waals surface area contributed by atoms with Crippen molar-refractivity contribution in [2.75, 3.05) is 0 Å². The highest BCUT2D eigenvalue weighted by Gasteiger charge is 2.24. The molecule has 0 saturated carbocycles. The maximum absolute atomic E-state index is 11.9. The minimum Gasteiger partial charge on any atom is -0.289 e. The lowest BCUT2D eigenvalue weighted by molar-refractivity contribution is 0.0990. The molecule has 1 heterocycles. The van der Waals surface area contributed by atoms with Crippen molar-refractivity contribution in [1.29, 1.82) is 0 Å². The fourth-order valence-corrected chi connectivity index (χ4v) is 2.92. The summed E-state index contributed by atoms with van der Waals surface area (Å²) in [5.74, 6) is -0.552. The lowest BCUT2D eigenvalue weighted by Crippen LogP contribution is -2.14. The monoisotopic (exact) mass is 301 g/mol. The molecule has 1 aromatic carbocycles. The normalized spacial score (nSPS) is 13.9. The van der Waals surface area contributed by atoms with Gasteiger partial charge in [-0.25, -0.2) is 4.98 Å². The van der Waals surface area contributed by atoms with Gasteiger partial charge in [0.1, 0.15) is 5.03 Å². The Hall–Kier alpha value is -1.91. The number of carbonyl (C=O) groups is 2. The van der Waals surface area contributed by atoms with E-state index < -0.39 is 0 Å². The highest BCUT2D eigenvalue weighted by Crippen LogP contribution is 2.30. The van der Waals surface area contributed by atoms with Gasteiger partial charge in [0.25, 0.3) is 0 Å². The summed E-state index contributed by atoms with van der Waals surface area (Å²) < 4.78 is 0. The molecular weight excluding hydrogens is 294 g/mol. The molecule has 0 bridgehead atoms. The van der Waals surface area contributed by atoms with Crippen molar-refractivity contribution in [3.8, 4) is 0 Å². The third kappa shape index (κ3) is 2.40. The number of rotatable bonds is 2. The number of hydrogen-bond acceptors (Lipinski definition) is 4. The summed E-state index contributed by atoms with van der Waals surface area (Å²) in [5, 5.41) is 0.795. The van der Waals surface area contributed by atoms with Crippen LogP contribution >= 0.6 is 23.4 Å². The van der Waals surface area contributed by atoms with E-state index in [1.54, 1.807) is 24.4 Å². The molecule has 0 radical (unpaired) electrons. The van der Waals surface area contributed by atoms with Crippen LogP contribution in [0.1, 0.15) is 20.7 Å². The van der Waals surface area contributed by atoms with E-state index in [0.717, 1.165) is 9.92 Å². The van der Waals surface area contributed by atoms with Crippen LogP contribution < -0.4 is 0 Å². The van der Waals surface area contributed by atoms with Crippen LogP contribution in [0, 0.1) is 0 Å². The number of pyridine rings is 1. The van der Waals surface area contributed by atoms with Gasteiger partial charge in [-0.2, -0.15) is 0 Å². The Bertz CT molecular complexity index is 741. The molecule has 98 valence electrons. The molecule has 5 heteroatoms. The minimum atomic E-state index is -0.310. The number of nitrogens with zero attached hydrogens (tertiary/aromatic N) is 1. The van der Waals surface area contributed by atoms with Crippen LogP contribution in [0.3, 0.4) is 0 Å². The number of ketones is 2. The van der Waals surface area contributed by atoms with Gasteiger partial charge in [0.2, 0.25) is 5.78 Å². The molecule has 1 aliphatic carbocycles. The van der Waals surface area contributed by atoms with Gasteiger partial charge < -0.3 is 0 Å². The van der Waals surface area contributed by atoms with E-state index in [0.29, 0.717) is 11.1 Å². The first-order valence-corrected chi connectivity index (χ1v) is 7.04. The number of fused-ring (bicyclic) bond motifs is 1. The zero-order valence-electron chi connectivity index (χ0n) is 10.2. The quantitative estimate of drug-likeness (QED) is 0.848. The van der Waals surface area contributed by atoms with Crippen LogP contribution in [0.4, 0.5) is 0 Å². The summed E-state index contributed by atoms with van der Waals surface area (Å²) in [6.45, 7) is 0. The van der Waals surface area contributed by atoms with Crippen LogP contribution in [-0.4, -0.2) is 16.6 Å². The number of allylic oxidation sites excluding steroid dienone is 2. The van der Waals surface area contributed by atoms with Crippen molar-refractivity contribution < 1.29 is 9.59 Å². The van der Waals surface area contributed by atoms with Crippen molar-refractivity contribution in [3.63, 3.8) is 0 Å². The Morgan fingerprint density at radius 3 is 2.65 bits per heavy atom. The average molecular weight is 302 g/mol. The van der Waals surface area contributed by atoms with Crippen molar-refractivity contribution >= 4 is 34.9 Å². The molecule has 1 aromatic heterocycles. The van der Waals surface area contributed by atoms with Crippen molar-refractivity contribution in [2.24, 2.45) is 0 Å². The summed E-state index contributed by atoms with van der Waals surface area (Å²) >= 11 is 7.17. The van der Waals surface area contributed by atoms with E-state index in [1.807, 2.05) is 18.2 Å². The number of hydrogen-bond donors (Lipinski definition) is 0. The molecule has 3 rings (SSSR count). The predicted molar refractivity (Wildman–Crippen MR) is 77.4 cm³/mol. The molecule has 0 atom stereocenters. The van der Waals surface area contributed by atoms with Crippen LogP contribution in [0.5, 0.6) is 0 Å². The second kappa shape index (κ2) is 5.23. The molecule has 20 heavy (non-hydrogen) atoms. The third-order valence-corrected chi connectivity index (χ3v) is 4.06. The molecule has 0 saturated heterocycles. The first kappa shape index (κ1) is 13.1. The molecule has 0 unspecified atom stereocenters. The molecule has 0 N–H and O–H groups in total. The molecule has 0 aliphatic heterocycles. The van der Waals surface area contributed by atoms with Crippen LogP contribution in [0.25, 0.3) is 0 Å². The average Bonchev–Trinajstić information content (AvgIpc) is 2.46. The Morgan fingerprint density at radius 2 is 1.90 bits per heavy atom. The topological polar surface area (TPSA) is 47.0 Å². The van der Waals surface area contributed by atoms with Crippen molar-refractivity contribution in [2.45, 2.75) is 9.92 Å². The summed E-state index contributed by atoms with van der Waals surface area (Å²) in [6.07, 6.45) is 2.87. The minimum absolute atomic E-state index is 0.0346. The van der Waals surface area contributed by atoms with E-state index in [1.165, 1.54) is 17.8 Å². The fourth-order valence-electron chi connectivity index (χ4n) is 1.90. The lowest BCUT2D eigenvalue weighted by Gasteiger charge is -2.12. The predicted octanol–water partition coefficient (Wildman–Crippen LogP) is 3.73. The third-order valence-electron chi connectivity index (χ3n) is 2.84. The maximum atomic E-state index is 11.9. The van der Waals surface area contributed by atoms with Gasteiger partial charge in [-0.1, -0.05) is 29.4 Å². The first-order valence-electron chi connectivity index (χ1n) is 5.84. The van der Waals surface area contributed by atoms with Crippen molar-refractivity contribution in [3.05, 3.63) is 64.8 Å². The first-order chi connectivity index (χ1) is 9.65. The maximum Gasteiger partial charge on any atom is 0.205 e. The number of halogens is 1. The highest BCUT2D eigenvalue weighted by molar-refractivity contribution is 7.99. The van der Waals surface area contributed by atoms with Crippen LogP contribution in [0.15, 0.2) is 63.6 Å². The van der Waals surface area contributed by atoms with Crippen molar-refractivity contribution in [1.82, 2.24) is 4.98 Å². The molecule has 2 aromatic rings. The van der Waals surface area contributed by atoms with E-state index in [2.05, 4.69) is 4.98 Å². The number of carbonyl (C=O) groups excluding carboxylic acids is 2. The fraction of sp³-hybridized carbons (Fsp3) is 0. The van der Waals surface area contributed by atoms with Gasteiger partial charge in [-0.15, -0.1) is 0 Å². The summed E-state index contributed by atoms with van der Waals surface area (Å²) in [7, 11) is 0. The molecule has 1 aliphatic rings. The van der Waals surface area contributed by atoms with Gasteiger partial charge in [-0.05, 0) is 30.3 Å². The molecule has 3 nitrogen and oxygen atoms in total. The number of benzene rings is 1. The highest BCUT2D eigenvalue weighted by atomic mass is 35.5. The molecule has 0 spiro atoms. The van der Waals surface area contributed by atoms with Crippen LogP contribution in [0.2, 0.25) is 0 Å². The van der Waals surface area contributed by atoms with Crippen LogP contribution in [-0.2, 0) is 0 Å². The number of aromatic nitrogens is 1. The summed E-state index contributed by atoms with van der Waals surface area (Å²) in [5.41, 5.74) is 0.744. The summed E-state index contributed by atoms with van der Waals surface area (Å²) in [6, 6.07) is 10.7. The summed E-state index contributed by atoms with van der Waals surface area (Å²) in [4.78, 5) is 28.8. The Morgan fingerprint density at radius 1 is 1.05 bits per heavy atom. The van der Waals surface area contributed by atoms with E-state index in [4.69, 9.17) is 11.6 Å². The molecule has 0 fully saturated rings. The standard InChI is InChI=1S/C15H8ClNO2S/c16-12-8-13(18)11-7-9(4-5-10(11)15(12)19)20-14-3-1-2-6-17-14/h1-8H. The van der Waals surface area contributed by atoms with Gasteiger partial charge in [0.05, 0.1) is 5.03 Å². The van der Waals surface area contributed by atoms with Gasteiger partial charge in [-0.3, -0.25) is 9.59 Å². The Labute approximate surface area is 124 Å². The zero-order valence-corrected chi connectivity index (χ0v) is 11.7. The molecule has 0 amide bonds. The SMILES string of the molecule is O=C1C=C(Cl)C(=O)c2ccc(Sc3ccccn3)cc21. The largest absolute Gasteiger partial charge is 0.289 e. The number of Topliss-reactive ketones (excluding diaryl/α,β-unsaturated/α-hetero) is 1. The Kier molecular flexibility index (Phi) is 3.42. The van der Waals surface area contributed by atoms with Gasteiger partial charge in [0.15, 0.2) is 5.78 Å². The van der Waals surface area contributed by atoms with Gasteiger partial charge >= 0.3 is 0 Å².